The van der Waals surface area contributed by atoms with Crippen molar-refractivity contribution in [3.05, 3.63) is 39.2 Å². The molecule has 1 aliphatic rings. The molecule has 0 saturated heterocycles. The van der Waals surface area contributed by atoms with Gasteiger partial charge in [0.05, 0.1) is 5.39 Å². The Bertz CT molecular complexity index is 975. The molecule has 1 heterocycles. The number of rotatable bonds is 6. The van der Waals surface area contributed by atoms with Crippen LogP contribution in [-0.4, -0.2) is 29.6 Å². The normalized spacial score (nSPS) is 14.6. The summed E-state index contributed by atoms with van der Waals surface area (Å²) in [6.07, 6.45) is 3.36. The fraction of sp³-hybridized carbons (Fsp3) is 0.476. The van der Waals surface area contributed by atoms with Crippen molar-refractivity contribution in [2.45, 2.75) is 52.5 Å². The predicted octanol–water partition coefficient (Wildman–Crippen LogP) is 2.58. The highest BCUT2D eigenvalue weighted by atomic mass is 16.5. The molecule has 7 heteroatoms. The van der Waals surface area contributed by atoms with E-state index in [2.05, 4.69) is 5.32 Å². The maximum atomic E-state index is 12.3. The van der Waals surface area contributed by atoms with Crippen molar-refractivity contribution in [2.75, 3.05) is 6.61 Å². The minimum Gasteiger partial charge on any atom is -0.483 e. The number of hydrogen-bond acceptors (Lipinski definition) is 5. The Morgan fingerprint density at radius 1 is 1.21 bits per heavy atom. The Labute approximate surface area is 162 Å². The Kier molecular flexibility index (Phi) is 5.72. The van der Waals surface area contributed by atoms with Crippen LogP contribution in [0.1, 0.15) is 43.4 Å². The molecular weight excluding hydrogens is 362 g/mol. The topological polar surface area (TPSA) is 106 Å². The van der Waals surface area contributed by atoms with Gasteiger partial charge in [-0.25, -0.2) is 9.59 Å². The van der Waals surface area contributed by atoms with Crippen molar-refractivity contribution >= 4 is 22.8 Å². The highest BCUT2D eigenvalue weighted by molar-refractivity contribution is 5.89. The van der Waals surface area contributed by atoms with Crippen molar-refractivity contribution in [1.82, 2.24) is 5.32 Å². The molecule has 0 unspecified atom stereocenters. The number of carboxylic acids is 1. The molecule has 0 bridgehead atoms. The lowest BCUT2D eigenvalue weighted by Crippen LogP contribution is -2.46. The number of amides is 1. The third kappa shape index (κ3) is 4.03. The molecule has 2 N–H and O–H groups in total. The average Bonchev–Trinajstić information content (AvgIpc) is 2.63. The van der Waals surface area contributed by atoms with E-state index in [1.165, 1.54) is 0 Å². The quantitative estimate of drug-likeness (QED) is 0.738. The summed E-state index contributed by atoms with van der Waals surface area (Å²) < 4.78 is 11.3. The molecule has 7 nitrogen and oxygen atoms in total. The van der Waals surface area contributed by atoms with E-state index in [1.54, 1.807) is 19.9 Å². The maximum Gasteiger partial charge on any atom is 0.339 e. The summed E-state index contributed by atoms with van der Waals surface area (Å²) >= 11 is 0. The van der Waals surface area contributed by atoms with Gasteiger partial charge in [0, 0.05) is 5.56 Å². The number of aryl methyl sites for hydroxylation is 2. The van der Waals surface area contributed by atoms with Gasteiger partial charge in [-0.3, -0.25) is 4.79 Å². The van der Waals surface area contributed by atoms with Gasteiger partial charge in [0.15, 0.2) is 6.61 Å². The summed E-state index contributed by atoms with van der Waals surface area (Å²) in [5.74, 6) is -1.37. The van der Waals surface area contributed by atoms with Gasteiger partial charge < -0.3 is 19.6 Å². The summed E-state index contributed by atoms with van der Waals surface area (Å²) in [5, 5.41) is 12.4. The monoisotopic (exact) mass is 387 g/mol. The first-order chi connectivity index (χ1) is 13.3. The zero-order valence-corrected chi connectivity index (χ0v) is 16.3. The first-order valence-corrected chi connectivity index (χ1v) is 9.52. The van der Waals surface area contributed by atoms with Crippen LogP contribution in [0.4, 0.5) is 0 Å². The maximum absolute atomic E-state index is 12.3. The second-order valence-electron chi connectivity index (χ2n) is 7.61. The molecular formula is C21H25NO6. The minimum atomic E-state index is -1.08. The Balaban J connectivity index is 1.90. The zero-order valence-electron chi connectivity index (χ0n) is 16.3. The molecule has 1 atom stereocenters. The standard InChI is InChI=1S/C21H25NO6/c1-11(2)19(20(24)25)22-17(23)10-27-15-8-12(3)9-16-18(15)13-6-4-5-7-14(13)21(26)28-16/h8-9,11,19H,4-7,10H2,1-3H3,(H,22,23)(H,24,25)/t19-/m0/s1. The molecule has 150 valence electrons. The van der Waals surface area contributed by atoms with Gasteiger partial charge in [0.1, 0.15) is 17.4 Å². The number of carbonyl (C=O) groups excluding carboxylic acids is 1. The third-order valence-electron chi connectivity index (χ3n) is 5.04. The third-order valence-corrected chi connectivity index (χ3v) is 5.04. The lowest BCUT2D eigenvalue weighted by molar-refractivity contribution is -0.143. The second-order valence-corrected chi connectivity index (χ2v) is 7.61. The lowest BCUT2D eigenvalue weighted by Gasteiger charge is -2.20. The fourth-order valence-corrected chi connectivity index (χ4v) is 3.65. The van der Waals surface area contributed by atoms with Gasteiger partial charge in [0.2, 0.25) is 0 Å². The summed E-state index contributed by atoms with van der Waals surface area (Å²) in [5.41, 5.74) is 2.60. The minimum absolute atomic E-state index is 0.248. The zero-order chi connectivity index (χ0) is 20.4. The van der Waals surface area contributed by atoms with Crippen LogP contribution in [0.25, 0.3) is 11.0 Å². The van der Waals surface area contributed by atoms with Crippen molar-refractivity contribution in [3.63, 3.8) is 0 Å². The van der Waals surface area contributed by atoms with Crippen LogP contribution < -0.4 is 15.7 Å². The van der Waals surface area contributed by atoms with Gasteiger partial charge >= 0.3 is 11.6 Å². The molecule has 0 saturated carbocycles. The molecule has 0 radical (unpaired) electrons. The van der Waals surface area contributed by atoms with Gasteiger partial charge in [-0.1, -0.05) is 13.8 Å². The van der Waals surface area contributed by atoms with Crippen LogP contribution in [0.15, 0.2) is 21.3 Å². The molecule has 0 fully saturated rings. The molecule has 1 aromatic carbocycles. The van der Waals surface area contributed by atoms with Crippen molar-refractivity contribution in [3.8, 4) is 5.75 Å². The first-order valence-electron chi connectivity index (χ1n) is 9.52. The first kappa shape index (κ1) is 19.9. The smallest absolute Gasteiger partial charge is 0.339 e. The number of ether oxygens (including phenoxy) is 1. The molecule has 0 spiro atoms. The van der Waals surface area contributed by atoms with Crippen LogP contribution in [0.2, 0.25) is 0 Å². The number of carbonyl (C=O) groups is 2. The van der Waals surface area contributed by atoms with E-state index < -0.39 is 17.9 Å². The second kappa shape index (κ2) is 8.04. The number of carboxylic acid groups (broad SMARTS) is 1. The summed E-state index contributed by atoms with van der Waals surface area (Å²) in [6, 6.07) is 2.62. The molecule has 28 heavy (non-hydrogen) atoms. The van der Waals surface area contributed by atoms with Crippen molar-refractivity contribution in [2.24, 2.45) is 5.92 Å². The number of nitrogens with one attached hydrogen (secondary N) is 1. The van der Waals surface area contributed by atoms with Crippen molar-refractivity contribution < 1.29 is 23.8 Å². The Hall–Kier alpha value is -2.83. The largest absolute Gasteiger partial charge is 0.483 e. The Morgan fingerprint density at radius 2 is 1.89 bits per heavy atom. The van der Waals surface area contributed by atoms with E-state index in [0.29, 0.717) is 23.3 Å². The van der Waals surface area contributed by atoms with Crippen LogP contribution >= 0.6 is 0 Å². The van der Waals surface area contributed by atoms with Gasteiger partial charge in [-0.2, -0.15) is 0 Å². The average molecular weight is 387 g/mol. The fourth-order valence-electron chi connectivity index (χ4n) is 3.65. The molecule has 1 amide bonds. The number of hydrogen-bond donors (Lipinski definition) is 2. The van der Waals surface area contributed by atoms with Crippen LogP contribution in [-0.2, 0) is 22.4 Å². The predicted molar refractivity (Wildman–Crippen MR) is 104 cm³/mol. The molecule has 1 aromatic heterocycles. The van der Waals surface area contributed by atoms with Crippen molar-refractivity contribution in [1.29, 1.82) is 0 Å². The summed E-state index contributed by atoms with van der Waals surface area (Å²) in [6.45, 7) is 4.98. The lowest BCUT2D eigenvalue weighted by atomic mass is 9.90. The number of benzene rings is 1. The van der Waals surface area contributed by atoms with E-state index >= 15 is 0 Å². The molecule has 1 aliphatic carbocycles. The summed E-state index contributed by atoms with van der Waals surface area (Å²) in [4.78, 5) is 35.8. The molecule has 2 aromatic rings. The van der Waals surface area contributed by atoms with E-state index in [1.807, 2.05) is 13.0 Å². The molecule has 0 aliphatic heterocycles. The van der Waals surface area contributed by atoms with Crippen LogP contribution in [0.5, 0.6) is 5.75 Å². The van der Waals surface area contributed by atoms with Crippen LogP contribution in [0, 0.1) is 12.8 Å². The number of fused-ring (bicyclic) bond motifs is 3. The van der Waals surface area contributed by atoms with E-state index in [9.17, 15) is 19.5 Å². The highest BCUT2D eigenvalue weighted by Crippen LogP contribution is 2.34. The van der Waals surface area contributed by atoms with Crippen LogP contribution in [0.3, 0.4) is 0 Å². The molecule has 3 rings (SSSR count). The van der Waals surface area contributed by atoms with E-state index in [4.69, 9.17) is 9.15 Å². The van der Waals surface area contributed by atoms with Gasteiger partial charge in [0.25, 0.3) is 5.91 Å². The van der Waals surface area contributed by atoms with E-state index in [-0.39, 0.29) is 18.2 Å². The van der Waals surface area contributed by atoms with Gasteiger partial charge in [-0.15, -0.1) is 0 Å². The van der Waals surface area contributed by atoms with E-state index in [0.717, 1.165) is 35.8 Å². The highest BCUT2D eigenvalue weighted by Gasteiger charge is 2.24. The van der Waals surface area contributed by atoms with Gasteiger partial charge in [-0.05, 0) is 61.8 Å². The SMILES string of the molecule is Cc1cc(OCC(=O)N[C@H](C(=O)O)C(C)C)c2c3c(c(=O)oc2c1)CCCC3. The summed E-state index contributed by atoms with van der Waals surface area (Å²) in [7, 11) is 0. The number of aliphatic carboxylic acids is 1. The Morgan fingerprint density at radius 3 is 2.54 bits per heavy atom.